The van der Waals surface area contributed by atoms with E-state index < -0.39 is 0 Å². The zero-order valence-corrected chi connectivity index (χ0v) is 7.92. The van der Waals surface area contributed by atoms with Crippen molar-refractivity contribution in [2.75, 3.05) is 39.8 Å². The van der Waals surface area contributed by atoms with Crippen LogP contribution in [0.2, 0.25) is 0 Å². The van der Waals surface area contributed by atoms with Crippen molar-refractivity contribution in [3.8, 4) is 0 Å². The Bertz CT molecular complexity index is 119. The molecule has 1 atom stereocenters. The van der Waals surface area contributed by atoms with Crippen molar-refractivity contribution in [1.82, 2.24) is 10.2 Å². The molecule has 3 heteroatoms. The Morgan fingerprint density at radius 3 is 3.08 bits per heavy atom. The average Bonchev–Trinajstić information content (AvgIpc) is 2.05. The van der Waals surface area contributed by atoms with Crippen LogP contribution in [0.3, 0.4) is 0 Å². The van der Waals surface area contributed by atoms with Crippen molar-refractivity contribution in [3.05, 3.63) is 0 Å². The quantitative estimate of drug-likeness (QED) is 0.582. The van der Waals surface area contributed by atoms with Crippen molar-refractivity contribution in [1.29, 1.82) is 0 Å². The third-order valence-electron chi connectivity index (χ3n) is 2.44. The van der Waals surface area contributed by atoms with Gasteiger partial charge in [-0.25, -0.2) is 0 Å². The monoisotopic (exact) mass is 172 g/mol. The molecule has 0 aliphatic carbocycles. The number of piperidine rings is 1. The summed E-state index contributed by atoms with van der Waals surface area (Å²) in [6.07, 6.45) is 2.66. The van der Waals surface area contributed by atoms with E-state index in [0.717, 1.165) is 19.0 Å². The van der Waals surface area contributed by atoms with Gasteiger partial charge in [0, 0.05) is 13.1 Å². The maximum absolute atomic E-state index is 8.57. The summed E-state index contributed by atoms with van der Waals surface area (Å²) in [5.41, 5.74) is 0. The van der Waals surface area contributed by atoms with E-state index >= 15 is 0 Å². The summed E-state index contributed by atoms with van der Waals surface area (Å²) in [5.74, 6) is 0.787. The van der Waals surface area contributed by atoms with Crippen LogP contribution in [-0.4, -0.2) is 49.8 Å². The summed E-state index contributed by atoms with van der Waals surface area (Å²) in [6, 6.07) is 0. The van der Waals surface area contributed by atoms with Gasteiger partial charge in [0.1, 0.15) is 0 Å². The first-order valence-electron chi connectivity index (χ1n) is 4.83. The van der Waals surface area contributed by atoms with E-state index in [1.807, 2.05) is 0 Å². The van der Waals surface area contributed by atoms with E-state index in [1.165, 1.54) is 25.9 Å². The summed E-state index contributed by atoms with van der Waals surface area (Å²) >= 11 is 0. The molecule has 0 amide bonds. The molecule has 1 fully saturated rings. The molecule has 0 aromatic heterocycles. The highest BCUT2D eigenvalue weighted by Crippen LogP contribution is 2.13. The second-order valence-electron chi connectivity index (χ2n) is 3.70. The Hall–Kier alpha value is -0.120. The first-order chi connectivity index (χ1) is 5.83. The van der Waals surface area contributed by atoms with Crippen molar-refractivity contribution in [2.24, 2.45) is 5.92 Å². The van der Waals surface area contributed by atoms with Gasteiger partial charge in [0.2, 0.25) is 0 Å². The summed E-state index contributed by atoms with van der Waals surface area (Å²) in [7, 11) is 2.18. The molecule has 0 saturated carbocycles. The highest BCUT2D eigenvalue weighted by atomic mass is 16.3. The summed E-state index contributed by atoms with van der Waals surface area (Å²) in [5, 5.41) is 11.8. The number of hydrogen-bond acceptors (Lipinski definition) is 3. The Balaban J connectivity index is 2.06. The molecule has 3 nitrogen and oxygen atoms in total. The van der Waals surface area contributed by atoms with E-state index in [4.69, 9.17) is 5.11 Å². The highest BCUT2D eigenvalue weighted by Gasteiger charge is 2.15. The topological polar surface area (TPSA) is 35.5 Å². The lowest BCUT2D eigenvalue weighted by Gasteiger charge is -2.29. The predicted octanol–water partition coefficient (Wildman–Crippen LogP) is -0.0899. The molecule has 2 N–H and O–H groups in total. The van der Waals surface area contributed by atoms with Crippen LogP contribution in [0, 0.1) is 5.92 Å². The van der Waals surface area contributed by atoms with Crippen LogP contribution >= 0.6 is 0 Å². The van der Waals surface area contributed by atoms with Gasteiger partial charge in [-0.05, 0) is 38.9 Å². The third kappa shape index (κ3) is 3.52. The van der Waals surface area contributed by atoms with E-state index in [9.17, 15) is 0 Å². The fraction of sp³-hybridized carbons (Fsp3) is 1.00. The van der Waals surface area contributed by atoms with Gasteiger partial charge < -0.3 is 15.3 Å². The van der Waals surface area contributed by atoms with Gasteiger partial charge >= 0.3 is 0 Å². The number of nitrogens with one attached hydrogen (secondary N) is 1. The zero-order chi connectivity index (χ0) is 8.81. The number of likely N-dealkylation sites (tertiary alicyclic amines) is 1. The first-order valence-corrected chi connectivity index (χ1v) is 4.83. The van der Waals surface area contributed by atoms with Crippen LogP contribution in [0.5, 0.6) is 0 Å². The number of aliphatic hydroxyl groups is 1. The molecule has 1 heterocycles. The number of rotatable bonds is 4. The Kier molecular flexibility index (Phi) is 4.58. The summed E-state index contributed by atoms with van der Waals surface area (Å²) in [6.45, 7) is 4.50. The Morgan fingerprint density at radius 1 is 1.58 bits per heavy atom. The molecule has 0 aromatic carbocycles. The fourth-order valence-electron chi connectivity index (χ4n) is 1.83. The van der Waals surface area contributed by atoms with Gasteiger partial charge in [-0.1, -0.05) is 0 Å². The molecule has 1 saturated heterocycles. The van der Waals surface area contributed by atoms with E-state index in [2.05, 4.69) is 17.3 Å². The lowest BCUT2D eigenvalue weighted by Crippen LogP contribution is -2.37. The standard InChI is InChI=1S/C9H20N2O/c1-11-5-2-3-9(8-11)7-10-4-6-12/h9-10,12H,2-8H2,1H3. The minimum atomic E-state index is 0.253. The average molecular weight is 172 g/mol. The molecule has 0 spiro atoms. The molecular weight excluding hydrogens is 152 g/mol. The second kappa shape index (κ2) is 5.51. The van der Waals surface area contributed by atoms with E-state index in [-0.39, 0.29) is 6.61 Å². The smallest absolute Gasteiger partial charge is 0.0555 e. The zero-order valence-electron chi connectivity index (χ0n) is 7.92. The summed E-state index contributed by atoms with van der Waals surface area (Å²) < 4.78 is 0. The van der Waals surface area contributed by atoms with E-state index in [1.54, 1.807) is 0 Å². The minimum absolute atomic E-state index is 0.253. The maximum atomic E-state index is 8.57. The molecular formula is C9H20N2O. The number of aliphatic hydroxyl groups excluding tert-OH is 1. The van der Waals surface area contributed by atoms with Crippen LogP contribution in [-0.2, 0) is 0 Å². The van der Waals surface area contributed by atoms with Crippen LogP contribution in [0.4, 0.5) is 0 Å². The van der Waals surface area contributed by atoms with Crippen LogP contribution in [0.25, 0.3) is 0 Å². The van der Waals surface area contributed by atoms with Gasteiger partial charge in [0.05, 0.1) is 6.61 Å². The lowest BCUT2D eigenvalue weighted by molar-refractivity contribution is 0.202. The third-order valence-corrected chi connectivity index (χ3v) is 2.44. The van der Waals surface area contributed by atoms with Crippen molar-refractivity contribution in [3.63, 3.8) is 0 Å². The highest BCUT2D eigenvalue weighted by molar-refractivity contribution is 4.72. The number of hydrogen-bond donors (Lipinski definition) is 2. The molecule has 12 heavy (non-hydrogen) atoms. The molecule has 0 aromatic rings. The van der Waals surface area contributed by atoms with Crippen LogP contribution in [0.15, 0.2) is 0 Å². The van der Waals surface area contributed by atoms with Gasteiger partial charge in [0.25, 0.3) is 0 Å². The largest absolute Gasteiger partial charge is 0.395 e. The molecule has 1 unspecified atom stereocenters. The Morgan fingerprint density at radius 2 is 2.42 bits per heavy atom. The van der Waals surface area contributed by atoms with Crippen molar-refractivity contribution < 1.29 is 5.11 Å². The molecule has 0 radical (unpaired) electrons. The van der Waals surface area contributed by atoms with E-state index in [0.29, 0.717) is 0 Å². The van der Waals surface area contributed by atoms with Gasteiger partial charge in [-0.15, -0.1) is 0 Å². The van der Waals surface area contributed by atoms with Gasteiger partial charge in [0.15, 0.2) is 0 Å². The molecule has 1 aliphatic rings. The fourth-order valence-corrected chi connectivity index (χ4v) is 1.83. The molecule has 72 valence electrons. The SMILES string of the molecule is CN1CCCC(CNCCO)C1. The predicted molar refractivity (Wildman–Crippen MR) is 50.2 cm³/mol. The van der Waals surface area contributed by atoms with Crippen molar-refractivity contribution >= 4 is 0 Å². The molecule has 0 bridgehead atoms. The molecule has 1 rings (SSSR count). The summed E-state index contributed by atoms with van der Waals surface area (Å²) in [4.78, 5) is 2.38. The molecule has 1 aliphatic heterocycles. The normalized spacial score (nSPS) is 26.0. The minimum Gasteiger partial charge on any atom is -0.395 e. The maximum Gasteiger partial charge on any atom is 0.0555 e. The number of nitrogens with zero attached hydrogens (tertiary/aromatic N) is 1. The second-order valence-corrected chi connectivity index (χ2v) is 3.70. The first kappa shape index (κ1) is 9.96. The van der Waals surface area contributed by atoms with Gasteiger partial charge in [-0.2, -0.15) is 0 Å². The van der Waals surface area contributed by atoms with Crippen LogP contribution in [0.1, 0.15) is 12.8 Å². The lowest BCUT2D eigenvalue weighted by atomic mass is 9.98. The van der Waals surface area contributed by atoms with Gasteiger partial charge in [-0.3, -0.25) is 0 Å². The Labute approximate surface area is 74.8 Å². The van der Waals surface area contributed by atoms with Crippen molar-refractivity contribution in [2.45, 2.75) is 12.8 Å². The van der Waals surface area contributed by atoms with Crippen LogP contribution < -0.4 is 5.32 Å².